The Morgan fingerprint density at radius 1 is 1.38 bits per heavy atom. The van der Waals surface area contributed by atoms with Gasteiger partial charge in [-0.3, -0.25) is 9.59 Å². The van der Waals surface area contributed by atoms with E-state index in [9.17, 15) is 14.7 Å². The van der Waals surface area contributed by atoms with Gasteiger partial charge < -0.3 is 20.5 Å². The molecule has 0 saturated carbocycles. The standard InChI is InChI=1S/C14H27BN2O4/c1-8(2)5-6-16-13(19)11(14(15,20)9(3)4)17-12(18)10-7-21-10/h8-11,20H,5-7,15H2,1-4H3,(H,16,19)(H,17,18)/t10?,11-,14?/m1/s1. The molecular formula is C14H27BN2O4. The third-order valence-corrected chi connectivity index (χ3v) is 3.95. The van der Waals surface area contributed by atoms with E-state index in [2.05, 4.69) is 24.5 Å². The quantitative estimate of drug-likeness (QED) is 0.396. The zero-order chi connectivity index (χ0) is 16.2. The molecule has 2 unspecified atom stereocenters. The molecule has 1 fully saturated rings. The summed E-state index contributed by atoms with van der Waals surface area (Å²) < 4.78 is 4.91. The molecule has 1 heterocycles. The van der Waals surface area contributed by atoms with Gasteiger partial charge in [-0.15, -0.1) is 0 Å². The van der Waals surface area contributed by atoms with Gasteiger partial charge in [0.15, 0.2) is 6.10 Å². The first-order valence-corrected chi connectivity index (χ1v) is 7.58. The van der Waals surface area contributed by atoms with Crippen LogP contribution < -0.4 is 10.6 Å². The van der Waals surface area contributed by atoms with Gasteiger partial charge in [0, 0.05) is 6.54 Å². The Bertz CT molecular complexity index is 381. The van der Waals surface area contributed by atoms with Crippen LogP contribution in [0.2, 0.25) is 0 Å². The van der Waals surface area contributed by atoms with Gasteiger partial charge in [0.05, 0.1) is 12.1 Å². The second-order valence-electron chi connectivity index (χ2n) is 6.62. The summed E-state index contributed by atoms with van der Waals surface area (Å²) in [5.41, 5.74) is -1.33. The van der Waals surface area contributed by atoms with Gasteiger partial charge in [0.25, 0.3) is 5.91 Å². The topological polar surface area (TPSA) is 91.0 Å². The summed E-state index contributed by atoms with van der Waals surface area (Å²) in [7, 11) is 1.57. The lowest BCUT2D eigenvalue weighted by Crippen LogP contribution is -2.63. The maximum atomic E-state index is 12.3. The number of aliphatic hydroxyl groups is 1. The van der Waals surface area contributed by atoms with Crippen molar-refractivity contribution in [3.05, 3.63) is 0 Å². The molecule has 7 heteroatoms. The Balaban J connectivity index is 2.70. The van der Waals surface area contributed by atoms with Crippen molar-refractivity contribution in [3.8, 4) is 0 Å². The molecule has 1 aliphatic rings. The van der Waals surface area contributed by atoms with E-state index >= 15 is 0 Å². The van der Waals surface area contributed by atoms with E-state index in [0.717, 1.165) is 6.42 Å². The molecule has 3 atom stereocenters. The molecule has 21 heavy (non-hydrogen) atoms. The number of nitrogens with one attached hydrogen (secondary N) is 2. The minimum Gasteiger partial charge on any atom is -0.396 e. The average molecular weight is 298 g/mol. The largest absolute Gasteiger partial charge is 0.396 e. The highest BCUT2D eigenvalue weighted by Crippen LogP contribution is 2.19. The fourth-order valence-electron chi connectivity index (χ4n) is 1.83. The monoisotopic (exact) mass is 298 g/mol. The normalized spacial score (nSPS) is 21.8. The van der Waals surface area contributed by atoms with Crippen LogP contribution in [0.4, 0.5) is 0 Å². The summed E-state index contributed by atoms with van der Waals surface area (Å²) in [6, 6.07) is -0.985. The van der Waals surface area contributed by atoms with Crippen LogP contribution in [0.25, 0.3) is 0 Å². The summed E-state index contributed by atoms with van der Waals surface area (Å²) >= 11 is 0. The van der Waals surface area contributed by atoms with Crippen molar-refractivity contribution in [2.45, 2.75) is 51.8 Å². The lowest BCUT2D eigenvalue weighted by Gasteiger charge is -2.36. The van der Waals surface area contributed by atoms with Gasteiger partial charge in [-0.1, -0.05) is 27.7 Å². The van der Waals surface area contributed by atoms with Crippen LogP contribution in [0.3, 0.4) is 0 Å². The summed E-state index contributed by atoms with van der Waals surface area (Å²) in [6.45, 7) is 8.66. The average Bonchev–Trinajstić information content (AvgIpc) is 3.18. The molecule has 0 aliphatic carbocycles. The van der Waals surface area contributed by atoms with E-state index in [-0.39, 0.29) is 17.7 Å². The number of ether oxygens (including phenoxy) is 1. The molecule has 3 N–H and O–H groups in total. The van der Waals surface area contributed by atoms with Crippen LogP contribution in [0, 0.1) is 11.8 Å². The first-order valence-electron chi connectivity index (χ1n) is 7.58. The smallest absolute Gasteiger partial charge is 0.252 e. The zero-order valence-electron chi connectivity index (χ0n) is 13.6. The highest BCUT2D eigenvalue weighted by molar-refractivity contribution is 6.17. The van der Waals surface area contributed by atoms with Gasteiger partial charge in [-0.25, -0.2) is 0 Å². The number of carbonyl (C=O) groups excluding carboxylic acids is 2. The van der Waals surface area contributed by atoms with Gasteiger partial charge in [-0.05, 0) is 18.3 Å². The van der Waals surface area contributed by atoms with Crippen LogP contribution in [0.1, 0.15) is 34.1 Å². The predicted octanol–water partition coefficient (Wildman–Crippen LogP) is -0.990. The highest BCUT2D eigenvalue weighted by Gasteiger charge is 2.43. The van der Waals surface area contributed by atoms with E-state index in [1.54, 1.807) is 7.85 Å². The summed E-state index contributed by atoms with van der Waals surface area (Å²) in [5, 5.41) is 16.0. The van der Waals surface area contributed by atoms with Crippen molar-refractivity contribution in [1.29, 1.82) is 0 Å². The lowest BCUT2D eigenvalue weighted by atomic mass is 9.67. The van der Waals surface area contributed by atoms with Crippen molar-refractivity contribution in [1.82, 2.24) is 10.6 Å². The Hall–Kier alpha value is -1.08. The third kappa shape index (κ3) is 5.32. The van der Waals surface area contributed by atoms with E-state index in [0.29, 0.717) is 19.1 Å². The number of rotatable bonds is 8. The number of hydrogen-bond acceptors (Lipinski definition) is 4. The molecular weight excluding hydrogens is 271 g/mol. The molecule has 120 valence electrons. The second-order valence-corrected chi connectivity index (χ2v) is 6.62. The van der Waals surface area contributed by atoms with Crippen molar-refractivity contribution < 1.29 is 19.4 Å². The maximum Gasteiger partial charge on any atom is 0.252 e. The maximum absolute atomic E-state index is 12.3. The number of hydrogen-bond donors (Lipinski definition) is 3. The van der Waals surface area contributed by atoms with E-state index in [1.807, 2.05) is 13.8 Å². The minimum absolute atomic E-state index is 0.182. The first kappa shape index (κ1) is 18.0. The van der Waals surface area contributed by atoms with Crippen molar-refractivity contribution in [2.24, 2.45) is 11.8 Å². The Kier molecular flexibility index (Phi) is 6.22. The Labute approximate surface area is 127 Å². The number of carbonyl (C=O) groups is 2. The molecule has 0 radical (unpaired) electrons. The molecule has 0 aromatic carbocycles. The summed E-state index contributed by atoms with van der Waals surface area (Å²) in [4.78, 5) is 24.2. The summed E-state index contributed by atoms with van der Waals surface area (Å²) in [5.74, 6) is -0.411. The van der Waals surface area contributed by atoms with E-state index < -0.39 is 17.6 Å². The molecule has 0 bridgehead atoms. The SMILES string of the molecule is BC(O)(C(C)C)[C@H](NC(=O)C1CO1)C(=O)NCCC(C)C. The van der Waals surface area contributed by atoms with Crippen molar-refractivity contribution in [2.75, 3.05) is 13.2 Å². The fraction of sp³-hybridized carbons (Fsp3) is 0.857. The Morgan fingerprint density at radius 2 is 1.95 bits per heavy atom. The second kappa shape index (κ2) is 7.27. The van der Waals surface area contributed by atoms with Crippen LogP contribution in [0.5, 0.6) is 0 Å². The molecule has 1 saturated heterocycles. The predicted molar refractivity (Wildman–Crippen MR) is 82.5 cm³/mol. The zero-order valence-corrected chi connectivity index (χ0v) is 13.6. The van der Waals surface area contributed by atoms with Crippen LogP contribution >= 0.6 is 0 Å². The van der Waals surface area contributed by atoms with Gasteiger partial charge >= 0.3 is 0 Å². The lowest BCUT2D eigenvalue weighted by molar-refractivity contribution is -0.134. The number of amides is 2. The fourth-order valence-corrected chi connectivity index (χ4v) is 1.83. The van der Waals surface area contributed by atoms with Gasteiger partial charge in [0.1, 0.15) is 13.9 Å². The molecule has 1 aliphatic heterocycles. The van der Waals surface area contributed by atoms with E-state index in [1.165, 1.54) is 0 Å². The minimum atomic E-state index is -1.33. The van der Waals surface area contributed by atoms with Crippen LogP contribution in [-0.2, 0) is 14.3 Å². The molecule has 6 nitrogen and oxygen atoms in total. The number of epoxide rings is 1. The molecule has 0 spiro atoms. The van der Waals surface area contributed by atoms with Crippen LogP contribution in [-0.4, -0.2) is 55.6 Å². The Morgan fingerprint density at radius 3 is 2.38 bits per heavy atom. The highest BCUT2D eigenvalue weighted by atomic mass is 16.6. The van der Waals surface area contributed by atoms with Gasteiger partial charge in [0.2, 0.25) is 5.91 Å². The summed E-state index contributed by atoms with van der Waals surface area (Å²) in [6.07, 6.45) is 0.362. The first-order chi connectivity index (χ1) is 9.66. The van der Waals surface area contributed by atoms with Crippen LogP contribution in [0.15, 0.2) is 0 Å². The molecule has 1 rings (SSSR count). The van der Waals surface area contributed by atoms with E-state index in [4.69, 9.17) is 4.74 Å². The van der Waals surface area contributed by atoms with Gasteiger partial charge in [-0.2, -0.15) is 0 Å². The van der Waals surface area contributed by atoms with Crippen molar-refractivity contribution in [3.63, 3.8) is 0 Å². The molecule has 0 aromatic rings. The molecule has 0 aromatic heterocycles. The molecule has 2 amide bonds. The van der Waals surface area contributed by atoms with Crippen molar-refractivity contribution >= 4 is 19.7 Å². The third-order valence-electron chi connectivity index (χ3n) is 3.95.